The van der Waals surface area contributed by atoms with Crippen LogP contribution in [0, 0.1) is 17.8 Å². The zero-order chi connectivity index (χ0) is 14.4. The maximum Gasteiger partial charge on any atom is 0.308 e. The van der Waals surface area contributed by atoms with Crippen LogP contribution in [0.5, 0.6) is 0 Å². The average molecular weight is 269 g/mol. The molecule has 3 nitrogen and oxygen atoms in total. The van der Waals surface area contributed by atoms with Gasteiger partial charge in [-0.3, -0.25) is 4.79 Å². The van der Waals surface area contributed by atoms with E-state index in [-0.39, 0.29) is 12.0 Å². The molecule has 0 bridgehead atoms. The second-order valence-corrected chi connectivity index (χ2v) is 6.43. The zero-order valence-corrected chi connectivity index (χ0v) is 13.1. The Kier molecular flexibility index (Phi) is 6.84. The van der Waals surface area contributed by atoms with Gasteiger partial charge in [0.15, 0.2) is 0 Å². The lowest BCUT2D eigenvalue weighted by Gasteiger charge is -2.40. The summed E-state index contributed by atoms with van der Waals surface area (Å²) in [6.07, 6.45) is 6.64. The van der Waals surface area contributed by atoms with E-state index in [4.69, 9.17) is 0 Å². The van der Waals surface area contributed by atoms with Crippen molar-refractivity contribution < 1.29 is 9.90 Å². The second-order valence-electron chi connectivity index (χ2n) is 6.43. The van der Waals surface area contributed by atoms with Gasteiger partial charge in [0.2, 0.25) is 0 Å². The van der Waals surface area contributed by atoms with Crippen molar-refractivity contribution in [3.05, 3.63) is 0 Å². The van der Waals surface area contributed by atoms with Gasteiger partial charge >= 0.3 is 5.97 Å². The van der Waals surface area contributed by atoms with E-state index >= 15 is 0 Å². The van der Waals surface area contributed by atoms with Gasteiger partial charge in [-0.15, -0.1) is 0 Å². The first-order valence-electron chi connectivity index (χ1n) is 7.92. The molecule has 0 aromatic heterocycles. The maximum atomic E-state index is 11.5. The molecule has 3 heteroatoms. The van der Waals surface area contributed by atoms with Gasteiger partial charge in [-0.1, -0.05) is 40.0 Å². The van der Waals surface area contributed by atoms with Crippen LogP contribution in [-0.2, 0) is 4.79 Å². The molecule has 1 aliphatic rings. The lowest BCUT2D eigenvalue weighted by atomic mass is 9.76. The van der Waals surface area contributed by atoms with Crippen LogP contribution in [0.15, 0.2) is 0 Å². The number of hydrogen-bond donors (Lipinski definition) is 1. The van der Waals surface area contributed by atoms with Crippen LogP contribution in [0.3, 0.4) is 0 Å². The van der Waals surface area contributed by atoms with Gasteiger partial charge in [-0.25, -0.2) is 0 Å². The Hall–Kier alpha value is -0.570. The molecule has 0 heterocycles. The highest BCUT2D eigenvalue weighted by atomic mass is 16.4. The minimum atomic E-state index is -0.601. The van der Waals surface area contributed by atoms with E-state index in [2.05, 4.69) is 32.7 Å². The fourth-order valence-electron chi connectivity index (χ4n) is 3.43. The van der Waals surface area contributed by atoms with Crippen molar-refractivity contribution in [3.63, 3.8) is 0 Å². The fourth-order valence-corrected chi connectivity index (χ4v) is 3.43. The van der Waals surface area contributed by atoms with Crippen molar-refractivity contribution in [2.75, 3.05) is 13.6 Å². The van der Waals surface area contributed by atoms with E-state index < -0.39 is 5.97 Å². The lowest BCUT2D eigenvalue weighted by Crippen LogP contribution is -2.46. The van der Waals surface area contributed by atoms with E-state index in [9.17, 15) is 9.90 Å². The van der Waals surface area contributed by atoms with Crippen molar-refractivity contribution in [1.29, 1.82) is 0 Å². The summed E-state index contributed by atoms with van der Waals surface area (Å²) in [5, 5.41) is 9.44. The van der Waals surface area contributed by atoms with Crippen molar-refractivity contribution in [3.8, 4) is 0 Å². The van der Waals surface area contributed by atoms with Crippen molar-refractivity contribution in [2.45, 2.75) is 65.3 Å². The molecule has 0 spiro atoms. The Balaban J connectivity index is 2.67. The summed E-state index contributed by atoms with van der Waals surface area (Å²) in [4.78, 5) is 13.8. The summed E-state index contributed by atoms with van der Waals surface area (Å²) in [5.41, 5.74) is 0. The monoisotopic (exact) mass is 269 g/mol. The number of hydrogen-bond acceptors (Lipinski definition) is 2. The quantitative estimate of drug-likeness (QED) is 0.767. The maximum absolute atomic E-state index is 11.5. The number of nitrogens with zero attached hydrogens (tertiary/aromatic N) is 1. The number of carbonyl (C=O) groups is 1. The first kappa shape index (κ1) is 16.5. The lowest BCUT2D eigenvalue weighted by molar-refractivity contribution is -0.146. The SMILES string of the molecule is CCCC1CCC(C(=O)O)C(N(C)CC(C)CC)C1. The minimum Gasteiger partial charge on any atom is -0.481 e. The van der Waals surface area contributed by atoms with Crippen LogP contribution in [0.25, 0.3) is 0 Å². The van der Waals surface area contributed by atoms with Gasteiger partial charge in [-0.2, -0.15) is 0 Å². The molecule has 1 fully saturated rings. The predicted octanol–water partition coefficient (Wildman–Crippen LogP) is 3.63. The Labute approximate surface area is 118 Å². The number of aliphatic carboxylic acids is 1. The van der Waals surface area contributed by atoms with E-state index in [1.165, 1.54) is 12.8 Å². The van der Waals surface area contributed by atoms with Crippen molar-refractivity contribution in [2.24, 2.45) is 17.8 Å². The molecule has 1 rings (SSSR count). The summed E-state index contributed by atoms with van der Waals surface area (Å²) < 4.78 is 0. The molecule has 0 radical (unpaired) electrons. The van der Waals surface area contributed by atoms with Gasteiger partial charge in [0.05, 0.1) is 5.92 Å². The van der Waals surface area contributed by atoms with E-state index in [1.54, 1.807) is 0 Å². The Morgan fingerprint density at radius 3 is 2.58 bits per heavy atom. The number of carboxylic acid groups (broad SMARTS) is 1. The summed E-state index contributed by atoms with van der Waals surface area (Å²) in [6, 6.07) is 0.233. The first-order chi connectivity index (χ1) is 8.99. The smallest absolute Gasteiger partial charge is 0.308 e. The van der Waals surface area contributed by atoms with Crippen LogP contribution in [-0.4, -0.2) is 35.6 Å². The zero-order valence-electron chi connectivity index (χ0n) is 13.1. The van der Waals surface area contributed by atoms with Crippen LogP contribution >= 0.6 is 0 Å². The van der Waals surface area contributed by atoms with Crippen LogP contribution < -0.4 is 0 Å². The third kappa shape index (κ3) is 4.79. The topological polar surface area (TPSA) is 40.5 Å². The molecule has 4 atom stereocenters. The molecule has 0 aromatic carbocycles. The Bertz CT molecular complexity index is 280. The number of rotatable bonds is 7. The molecular formula is C16H31NO2. The van der Waals surface area contributed by atoms with Gasteiger partial charge in [0.25, 0.3) is 0 Å². The molecular weight excluding hydrogens is 238 g/mol. The highest BCUT2D eigenvalue weighted by molar-refractivity contribution is 5.71. The average Bonchev–Trinajstić information content (AvgIpc) is 2.38. The third-order valence-electron chi connectivity index (χ3n) is 4.80. The molecule has 1 N–H and O–H groups in total. The molecule has 1 aliphatic carbocycles. The third-order valence-corrected chi connectivity index (χ3v) is 4.80. The van der Waals surface area contributed by atoms with Crippen LogP contribution in [0.2, 0.25) is 0 Å². The van der Waals surface area contributed by atoms with Gasteiger partial charge < -0.3 is 10.0 Å². The van der Waals surface area contributed by atoms with Crippen molar-refractivity contribution >= 4 is 5.97 Å². The summed E-state index contributed by atoms with van der Waals surface area (Å²) in [7, 11) is 2.11. The van der Waals surface area contributed by atoms with Crippen LogP contribution in [0.1, 0.15) is 59.3 Å². The Morgan fingerprint density at radius 1 is 1.37 bits per heavy atom. The van der Waals surface area contributed by atoms with Gasteiger partial charge in [0, 0.05) is 12.6 Å². The van der Waals surface area contributed by atoms with E-state index in [0.29, 0.717) is 5.92 Å². The van der Waals surface area contributed by atoms with Crippen molar-refractivity contribution in [1.82, 2.24) is 4.90 Å². The molecule has 112 valence electrons. The van der Waals surface area contributed by atoms with Crippen LogP contribution in [0.4, 0.5) is 0 Å². The summed E-state index contributed by atoms with van der Waals surface area (Å²) in [6.45, 7) is 7.69. The molecule has 0 saturated heterocycles. The standard InChI is InChI=1S/C16H31NO2/c1-5-7-13-8-9-14(16(18)19)15(10-13)17(4)11-12(3)6-2/h12-15H,5-11H2,1-4H3,(H,18,19). The minimum absolute atomic E-state index is 0.165. The second kappa shape index (κ2) is 7.88. The normalized spacial score (nSPS) is 29.4. The van der Waals surface area contributed by atoms with Gasteiger partial charge in [-0.05, 0) is 38.1 Å². The highest BCUT2D eigenvalue weighted by Gasteiger charge is 2.37. The predicted molar refractivity (Wildman–Crippen MR) is 79.2 cm³/mol. The van der Waals surface area contributed by atoms with E-state index in [0.717, 1.165) is 38.1 Å². The summed E-state index contributed by atoms with van der Waals surface area (Å²) in [5.74, 6) is 0.606. The summed E-state index contributed by atoms with van der Waals surface area (Å²) >= 11 is 0. The molecule has 1 saturated carbocycles. The van der Waals surface area contributed by atoms with Gasteiger partial charge in [0.1, 0.15) is 0 Å². The van der Waals surface area contributed by atoms with E-state index in [1.807, 2.05) is 0 Å². The Morgan fingerprint density at radius 2 is 2.05 bits per heavy atom. The molecule has 4 unspecified atom stereocenters. The largest absolute Gasteiger partial charge is 0.481 e. The molecule has 0 aromatic rings. The molecule has 0 amide bonds. The first-order valence-corrected chi connectivity index (χ1v) is 7.92. The highest BCUT2D eigenvalue weighted by Crippen LogP contribution is 2.34. The molecule has 19 heavy (non-hydrogen) atoms. The fraction of sp³-hybridized carbons (Fsp3) is 0.938. The number of carboxylic acids is 1. The molecule has 0 aliphatic heterocycles.